The van der Waals surface area contributed by atoms with Crippen LogP contribution in [0.4, 0.5) is 5.82 Å². The maximum absolute atomic E-state index is 4.84. The monoisotopic (exact) mass is 391 g/mol. The molecule has 1 fully saturated rings. The minimum absolute atomic E-state index is 0.744. The van der Waals surface area contributed by atoms with Crippen molar-refractivity contribution in [1.82, 2.24) is 9.88 Å². The lowest BCUT2D eigenvalue weighted by atomic mass is 9.83. The van der Waals surface area contributed by atoms with Crippen LogP contribution in [0, 0.1) is 5.92 Å². The molecule has 2 aliphatic carbocycles. The normalized spacial score (nSPS) is 18.4. The molecule has 5 nitrogen and oxygen atoms in total. The predicted octanol–water partition coefficient (Wildman–Crippen LogP) is 3.51. The predicted molar refractivity (Wildman–Crippen MR) is 119 cm³/mol. The van der Waals surface area contributed by atoms with E-state index < -0.39 is 0 Å². The van der Waals surface area contributed by atoms with Crippen LogP contribution >= 0.6 is 0 Å². The van der Waals surface area contributed by atoms with E-state index in [4.69, 9.17) is 4.98 Å². The van der Waals surface area contributed by atoms with Crippen LogP contribution < -0.4 is 16.0 Å². The lowest BCUT2D eigenvalue weighted by Crippen LogP contribution is -2.34. The van der Waals surface area contributed by atoms with Gasteiger partial charge in [0.1, 0.15) is 5.36 Å². The zero-order valence-corrected chi connectivity index (χ0v) is 17.8. The van der Waals surface area contributed by atoms with Gasteiger partial charge in [0.2, 0.25) is 0 Å². The second-order valence-corrected chi connectivity index (χ2v) is 8.20. The summed E-state index contributed by atoms with van der Waals surface area (Å²) < 4.78 is 0. The molecule has 1 saturated carbocycles. The molecule has 0 atom stereocenters. The smallest absolute Gasteiger partial charge is 0.154 e. The van der Waals surface area contributed by atoms with Crippen molar-refractivity contribution in [2.24, 2.45) is 15.9 Å². The Hall–Kier alpha value is -2.43. The lowest BCUT2D eigenvalue weighted by molar-refractivity contribution is 0.246. The molecule has 1 aromatic rings. The van der Waals surface area contributed by atoms with E-state index in [9.17, 15) is 0 Å². The largest absolute Gasteiger partial charge is 0.372 e. The van der Waals surface area contributed by atoms with Gasteiger partial charge in [0, 0.05) is 25.8 Å². The summed E-state index contributed by atoms with van der Waals surface area (Å²) in [7, 11) is 1.90. The number of nitrogens with one attached hydrogen (secondary N) is 1. The van der Waals surface area contributed by atoms with Crippen LogP contribution in [0.2, 0.25) is 0 Å². The first-order chi connectivity index (χ1) is 14.3. The Morgan fingerprint density at radius 1 is 1.14 bits per heavy atom. The second-order valence-electron chi connectivity index (χ2n) is 8.20. The van der Waals surface area contributed by atoms with Gasteiger partial charge in [-0.25, -0.2) is 4.98 Å². The molecule has 1 aliphatic heterocycles. The standard InChI is InChI=1S/C24H33N5/c1-3-15-29(16-12-18-6-4-7-18)20-9-5-8-19(10-11-20)21-17-22-23(24(25-2)28-21)27-14-13-26-22/h5,9-11,17-18H,3-4,6-8,12-16H2,1-2H3,(H,25,28). The third-order valence-electron chi connectivity index (χ3n) is 6.16. The highest BCUT2D eigenvalue weighted by Crippen LogP contribution is 2.30. The molecular weight excluding hydrogens is 358 g/mol. The fourth-order valence-corrected chi connectivity index (χ4v) is 4.25. The number of hydrogen-bond acceptors (Lipinski definition) is 5. The minimum atomic E-state index is 0.744. The third kappa shape index (κ3) is 4.60. The molecule has 4 rings (SSSR count). The highest BCUT2D eigenvalue weighted by Gasteiger charge is 2.19. The Labute approximate surface area is 174 Å². The van der Waals surface area contributed by atoms with E-state index in [1.165, 1.54) is 49.9 Å². The fourth-order valence-electron chi connectivity index (χ4n) is 4.25. The first-order valence-corrected chi connectivity index (χ1v) is 11.2. The summed E-state index contributed by atoms with van der Waals surface area (Å²) >= 11 is 0. The molecule has 1 aromatic heterocycles. The van der Waals surface area contributed by atoms with Gasteiger partial charge in [-0.3, -0.25) is 9.98 Å². The summed E-state index contributed by atoms with van der Waals surface area (Å²) in [4.78, 5) is 16.7. The Balaban J connectivity index is 1.59. The van der Waals surface area contributed by atoms with E-state index in [2.05, 4.69) is 57.5 Å². The fraction of sp³-hybridized carbons (Fsp3) is 0.542. The van der Waals surface area contributed by atoms with Crippen LogP contribution in [0.1, 0.15) is 51.1 Å². The molecule has 2 heterocycles. The first-order valence-electron chi connectivity index (χ1n) is 11.2. The molecule has 0 bridgehead atoms. The highest BCUT2D eigenvalue weighted by atomic mass is 15.1. The zero-order chi connectivity index (χ0) is 20.1. The van der Waals surface area contributed by atoms with Gasteiger partial charge in [0.05, 0.1) is 24.1 Å². The van der Waals surface area contributed by atoms with Gasteiger partial charge < -0.3 is 10.2 Å². The molecular formula is C24H33N5. The molecule has 0 radical (unpaired) electrons. The third-order valence-corrected chi connectivity index (χ3v) is 6.16. The van der Waals surface area contributed by atoms with Gasteiger partial charge in [-0.1, -0.05) is 38.3 Å². The van der Waals surface area contributed by atoms with Crippen LogP contribution in [0.5, 0.6) is 0 Å². The highest BCUT2D eigenvalue weighted by molar-refractivity contribution is 5.67. The van der Waals surface area contributed by atoms with E-state index in [1.807, 2.05) is 7.05 Å². The average Bonchev–Trinajstić information content (AvgIpc) is 2.97. The number of fused-ring (bicyclic) bond motifs is 1. The van der Waals surface area contributed by atoms with Gasteiger partial charge >= 0.3 is 0 Å². The lowest BCUT2D eigenvalue weighted by Gasteiger charge is -2.31. The number of nitrogens with zero attached hydrogens (tertiary/aromatic N) is 4. The summed E-state index contributed by atoms with van der Waals surface area (Å²) in [6, 6.07) is 2.09. The van der Waals surface area contributed by atoms with Gasteiger partial charge in [-0.05, 0) is 49.0 Å². The molecule has 154 valence electrons. The van der Waals surface area contributed by atoms with Gasteiger partial charge in [0.15, 0.2) is 5.82 Å². The van der Waals surface area contributed by atoms with Crippen LogP contribution in [-0.4, -0.2) is 43.1 Å². The Morgan fingerprint density at radius 3 is 2.76 bits per heavy atom. The van der Waals surface area contributed by atoms with Gasteiger partial charge in [-0.2, -0.15) is 0 Å². The Morgan fingerprint density at radius 2 is 2.00 bits per heavy atom. The van der Waals surface area contributed by atoms with Crippen molar-refractivity contribution < 1.29 is 0 Å². The minimum Gasteiger partial charge on any atom is -0.372 e. The summed E-state index contributed by atoms with van der Waals surface area (Å²) in [5, 5.41) is 5.05. The van der Waals surface area contributed by atoms with Crippen LogP contribution in [-0.2, 0) is 0 Å². The van der Waals surface area contributed by atoms with Crippen molar-refractivity contribution in [1.29, 1.82) is 0 Å². The summed E-state index contributed by atoms with van der Waals surface area (Å²) in [5.74, 6) is 1.78. The van der Waals surface area contributed by atoms with Crippen molar-refractivity contribution in [2.75, 3.05) is 38.5 Å². The van der Waals surface area contributed by atoms with E-state index >= 15 is 0 Å². The number of allylic oxidation sites excluding steroid dienone is 5. The average molecular weight is 392 g/mol. The van der Waals surface area contributed by atoms with Crippen molar-refractivity contribution in [2.45, 2.75) is 45.4 Å². The summed E-state index contributed by atoms with van der Waals surface area (Å²) in [6.45, 7) is 6.06. The number of rotatable bonds is 8. The Bertz CT molecular complexity index is 937. The van der Waals surface area contributed by atoms with E-state index in [-0.39, 0.29) is 0 Å². The van der Waals surface area contributed by atoms with Crippen LogP contribution in [0.25, 0.3) is 5.57 Å². The number of anilines is 1. The molecule has 1 N–H and O–H groups in total. The van der Waals surface area contributed by atoms with Crippen molar-refractivity contribution in [3.63, 3.8) is 0 Å². The molecule has 3 aliphatic rings. The van der Waals surface area contributed by atoms with E-state index in [0.717, 1.165) is 54.2 Å². The van der Waals surface area contributed by atoms with Gasteiger partial charge in [-0.15, -0.1) is 0 Å². The SMILES string of the molecule is CCCN(CCC1CCC1)C1=CC=C(c2cc3c(c(NC)n2)=NCCN=3)CC=C1. The van der Waals surface area contributed by atoms with Crippen molar-refractivity contribution in [3.8, 4) is 0 Å². The van der Waals surface area contributed by atoms with Crippen molar-refractivity contribution >= 4 is 11.4 Å². The first kappa shape index (κ1) is 19.9. The van der Waals surface area contributed by atoms with Gasteiger partial charge in [0.25, 0.3) is 0 Å². The maximum Gasteiger partial charge on any atom is 0.154 e. The zero-order valence-electron chi connectivity index (χ0n) is 17.8. The van der Waals surface area contributed by atoms with E-state index in [1.54, 1.807) is 0 Å². The van der Waals surface area contributed by atoms with Crippen LogP contribution in [0.15, 0.2) is 46.1 Å². The molecule has 29 heavy (non-hydrogen) atoms. The number of pyridine rings is 1. The van der Waals surface area contributed by atoms with Crippen molar-refractivity contribution in [3.05, 3.63) is 52.5 Å². The number of hydrogen-bond donors (Lipinski definition) is 1. The van der Waals surface area contributed by atoms with Crippen LogP contribution in [0.3, 0.4) is 0 Å². The molecule has 0 aromatic carbocycles. The number of aromatic nitrogens is 1. The summed E-state index contributed by atoms with van der Waals surface area (Å²) in [6.07, 6.45) is 16.7. The molecule has 5 heteroatoms. The molecule has 0 spiro atoms. The maximum atomic E-state index is 4.84. The molecule has 0 amide bonds. The molecule has 0 saturated heterocycles. The second kappa shape index (κ2) is 9.38. The molecule has 0 unspecified atom stereocenters. The topological polar surface area (TPSA) is 52.9 Å². The quantitative estimate of drug-likeness (QED) is 0.738. The summed E-state index contributed by atoms with van der Waals surface area (Å²) in [5.41, 5.74) is 3.55. The Kier molecular flexibility index (Phi) is 6.43. The van der Waals surface area contributed by atoms with E-state index in [0.29, 0.717) is 0 Å².